The van der Waals surface area contributed by atoms with Gasteiger partial charge in [0, 0.05) is 6.04 Å². The number of carbonyl (C=O) groups is 1. The highest BCUT2D eigenvalue weighted by Gasteiger charge is 2.52. The highest BCUT2D eigenvalue weighted by atomic mass is 19.3. The summed E-state index contributed by atoms with van der Waals surface area (Å²) in [6.45, 7) is 3.36. The van der Waals surface area contributed by atoms with Gasteiger partial charge in [-0.25, -0.2) is 8.78 Å². The van der Waals surface area contributed by atoms with Crippen molar-refractivity contribution in [3.05, 3.63) is 0 Å². The lowest BCUT2D eigenvalue weighted by molar-refractivity contribution is -0.184. The Morgan fingerprint density at radius 2 is 1.82 bits per heavy atom. The Morgan fingerprint density at radius 3 is 2.27 bits per heavy atom. The molecule has 1 fully saturated rings. The van der Waals surface area contributed by atoms with E-state index >= 15 is 0 Å². The number of hydrogen-bond acceptors (Lipinski definition) is 3. The first-order valence-electron chi connectivity index (χ1n) is 8.20. The molecule has 22 heavy (non-hydrogen) atoms. The third kappa shape index (κ3) is 5.16. The van der Waals surface area contributed by atoms with Crippen molar-refractivity contribution in [1.82, 2.24) is 0 Å². The zero-order chi connectivity index (χ0) is 16.9. The zero-order valence-electron chi connectivity index (χ0n) is 13.5. The maximum Gasteiger partial charge on any atom is 0.312 e. The molecule has 0 radical (unpaired) electrons. The van der Waals surface area contributed by atoms with E-state index in [4.69, 9.17) is 10.8 Å². The smallest absolute Gasteiger partial charge is 0.312 e. The van der Waals surface area contributed by atoms with Gasteiger partial charge in [-0.1, -0.05) is 46.0 Å². The normalized spacial score (nSPS) is 21.6. The van der Waals surface area contributed by atoms with Gasteiger partial charge in [-0.3, -0.25) is 4.79 Å². The van der Waals surface area contributed by atoms with E-state index in [1.54, 1.807) is 13.8 Å². The van der Waals surface area contributed by atoms with E-state index in [9.17, 15) is 18.7 Å². The van der Waals surface area contributed by atoms with E-state index in [1.165, 1.54) is 0 Å². The Kier molecular flexibility index (Phi) is 7.19. The molecule has 0 aromatic carbocycles. The van der Waals surface area contributed by atoms with Crippen molar-refractivity contribution in [2.75, 3.05) is 0 Å². The van der Waals surface area contributed by atoms with Crippen LogP contribution in [0.25, 0.3) is 0 Å². The number of aliphatic hydroxyl groups is 1. The lowest BCUT2D eigenvalue weighted by Crippen LogP contribution is -2.53. The number of alkyl halides is 2. The van der Waals surface area contributed by atoms with Crippen molar-refractivity contribution >= 4 is 5.97 Å². The van der Waals surface area contributed by atoms with Crippen LogP contribution in [0, 0.1) is 17.8 Å². The monoisotopic (exact) mass is 321 g/mol. The van der Waals surface area contributed by atoms with E-state index in [1.807, 2.05) is 0 Å². The van der Waals surface area contributed by atoms with Gasteiger partial charge >= 0.3 is 5.97 Å². The Morgan fingerprint density at radius 1 is 1.27 bits per heavy atom. The molecule has 4 nitrogen and oxygen atoms in total. The number of carboxylic acid groups (broad SMARTS) is 1. The molecule has 3 unspecified atom stereocenters. The van der Waals surface area contributed by atoms with Gasteiger partial charge in [-0.2, -0.15) is 0 Å². The maximum absolute atomic E-state index is 14.4. The molecule has 0 amide bonds. The lowest BCUT2D eigenvalue weighted by Gasteiger charge is -2.34. The summed E-state index contributed by atoms with van der Waals surface area (Å²) in [5, 5.41) is 19.0. The van der Waals surface area contributed by atoms with Gasteiger partial charge in [0.25, 0.3) is 5.92 Å². The molecule has 0 heterocycles. The van der Waals surface area contributed by atoms with Crippen molar-refractivity contribution in [2.45, 2.75) is 76.9 Å². The molecule has 0 aromatic rings. The molecule has 1 rings (SSSR count). The van der Waals surface area contributed by atoms with E-state index in [0.717, 1.165) is 32.1 Å². The number of nitrogens with two attached hydrogens (primary N) is 1. The number of hydrogen-bond donors (Lipinski definition) is 3. The fraction of sp³-hybridized carbons (Fsp3) is 0.938. The van der Waals surface area contributed by atoms with E-state index in [2.05, 4.69) is 0 Å². The molecule has 0 aromatic heterocycles. The van der Waals surface area contributed by atoms with Crippen LogP contribution in [0.15, 0.2) is 0 Å². The van der Waals surface area contributed by atoms with Gasteiger partial charge in [0.1, 0.15) is 12.0 Å². The van der Waals surface area contributed by atoms with E-state index in [0.29, 0.717) is 6.42 Å². The fourth-order valence-electron chi connectivity index (χ4n) is 3.32. The van der Waals surface area contributed by atoms with Gasteiger partial charge in [-0.15, -0.1) is 0 Å². The van der Waals surface area contributed by atoms with Crippen LogP contribution in [0.5, 0.6) is 0 Å². The second-order valence-corrected chi connectivity index (χ2v) is 7.04. The van der Waals surface area contributed by atoms with Crippen molar-refractivity contribution in [3.63, 3.8) is 0 Å². The minimum absolute atomic E-state index is 0.185. The van der Waals surface area contributed by atoms with Crippen LogP contribution in [-0.2, 0) is 4.79 Å². The zero-order valence-corrected chi connectivity index (χ0v) is 13.5. The van der Waals surface area contributed by atoms with Crippen molar-refractivity contribution in [1.29, 1.82) is 0 Å². The Labute approximate surface area is 131 Å². The van der Waals surface area contributed by atoms with Crippen LogP contribution in [0.3, 0.4) is 0 Å². The third-order valence-electron chi connectivity index (χ3n) is 4.60. The highest BCUT2D eigenvalue weighted by molar-refractivity contribution is 5.71. The molecule has 3 atom stereocenters. The molecule has 6 heteroatoms. The predicted molar refractivity (Wildman–Crippen MR) is 80.7 cm³/mol. The summed E-state index contributed by atoms with van der Waals surface area (Å²) in [5.41, 5.74) is 5.78. The summed E-state index contributed by atoms with van der Waals surface area (Å²) in [6.07, 6.45) is 3.19. The fourth-order valence-corrected chi connectivity index (χ4v) is 3.32. The van der Waals surface area contributed by atoms with Crippen LogP contribution in [0.1, 0.15) is 58.8 Å². The van der Waals surface area contributed by atoms with Crippen LogP contribution < -0.4 is 5.73 Å². The molecular formula is C16H29F2NO3. The molecule has 0 spiro atoms. The molecule has 1 aliphatic carbocycles. The average molecular weight is 321 g/mol. The topological polar surface area (TPSA) is 83.5 Å². The van der Waals surface area contributed by atoms with Gasteiger partial charge in [0.15, 0.2) is 0 Å². The van der Waals surface area contributed by atoms with Crippen LogP contribution in [-0.4, -0.2) is 34.3 Å². The van der Waals surface area contributed by atoms with Crippen molar-refractivity contribution in [2.24, 2.45) is 23.5 Å². The van der Waals surface area contributed by atoms with Crippen molar-refractivity contribution < 1.29 is 23.8 Å². The molecule has 130 valence electrons. The van der Waals surface area contributed by atoms with E-state index in [-0.39, 0.29) is 18.3 Å². The van der Waals surface area contributed by atoms with Gasteiger partial charge in [0.05, 0.1) is 0 Å². The standard InChI is InChI=1S/C16H29F2NO3/c1-10(2)8-12(15(21)22)16(17,18)14(20)13(19)9-11-6-4-3-5-7-11/h10-14,20H,3-9,19H2,1-2H3,(H,21,22). The Hall–Kier alpha value is -0.750. The Bertz CT molecular complexity index is 357. The van der Waals surface area contributed by atoms with Gasteiger partial charge in [-0.05, 0) is 24.7 Å². The summed E-state index contributed by atoms with van der Waals surface area (Å²) >= 11 is 0. The number of aliphatic carboxylic acids is 1. The molecule has 1 aliphatic rings. The quantitative estimate of drug-likeness (QED) is 0.641. The number of rotatable bonds is 8. The maximum atomic E-state index is 14.4. The highest BCUT2D eigenvalue weighted by Crippen LogP contribution is 2.36. The number of halogens is 2. The van der Waals surface area contributed by atoms with Crippen LogP contribution in [0.2, 0.25) is 0 Å². The summed E-state index contributed by atoms with van der Waals surface area (Å²) in [5.74, 6) is -7.15. The minimum atomic E-state index is -3.72. The second kappa shape index (κ2) is 8.20. The summed E-state index contributed by atoms with van der Waals surface area (Å²) in [4.78, 5) is 11.2. The predicted octanol–water partition coefficient (Wildman–Crippen LogP) is 3.03. The minimum Gasteiger partial charge on any atom is -0.481 e. The Balaban J connectivity index is 2.72. The molecule has 0 aliphatic heterocycles. The number of carboxylic acids is 1. The second-order valence-electron chi connectivity index (χ2n) is 7.04. The first kappa shape index (κ1) is 19.3. The lowest BCUT2D eigenvalue weighted by atomic mass is 9.80. The number of aliphatic hydroxyl groups excluding tert-OH is 1. The SMILES string of the molecule is CC(C)CC(C(=O)O)C(F)(F)C(O)C(N)CC1CCCCC1. The average Bonchev–Trinajstić information content (AvgIpc) is 2.44. The third-order valence-corrected chi connectivity index (χ3v) is 4.60. The molecular weight excluding hydrogens is 292 g/mol. The van der Waals surface area contributed by atoms with Crippen molar-refractivity contribution in [3.8, 4) is 0 Å². The first-order valence-corrected chi connectivity index (χ1v) is 8.20. The van der Waals surface area contributed by atoms with Gasteiger partial charge in [0.2, 0.25) is 0 Å². The first-order chi connectivity index (χ1) is 10.2. The van der Waals surface area contributed by atoms with E-state index < -0.39 is 30.0 Å². The largest absolute Gasteiger partial charge is 0.481 e. The summed E-state index contributed by atoms with van der Waals surface area (Å²) in [6, 6.07) is -1.09. The van der Waals surface area contributed by atoms with Gasteiger partial charge < -0.3 is 15.9 Å². The van der Waals surface area contributed by atoms with Crippen LogP contribution >= 0.6 is 0 Å². The molecule has 1 saturated carbocycles. The van der Waals surface area contributed by atoms with Crippen LogP contribution in [0.4, 0.5) is 8.78 Å². The summed E-state index contributed by atoms with van der Waals surface area (Å²) < 4.78 is 28.8. The molecule has 0 bridgehead atoms. The molecule has 0 saturated heterocycles. The molecule has 4 N–H and O–H groups in total. The summed E-state index contributed by atoms with van der Waals surface area (Å²) in [7, 11) is 0.